The van der Waals surface area contributed by atoms with Gasteiger partial charge in [-0.25, -0.2) is 9.97 Å². The number of nitrogen functional groups attached to an aromatic ring is 1. The fourth-order valence-electron chi connectivity index (χ4n) is 1.84. The van der Waals surface area contributed by atoms with Gasteiger partial charge in [-0.2, -0.15) is 0 Å². The number of anilines is 2. The number of nitrogens with two attached hydrogens (primary N) is 1. The zero-order valence-electron chi connectivity index (χ0n) is 11.4. The van der Waals surface area contributed by atoms with Crippen LogP contribution in [0.3, 0.4) is 0 Å². The molecule has 1 aromatic heterocycles. The van der Waals surface area contributed by atoms with Crippen molar-refractivity contribution in [1.29, 1.82) is 0 Å². The average molecular weight is 274 g/mol. The first-order chi connectivity index (χ1) is 9.10. The van der Waals surface area contributed by atoms with E-state index >= 15 is 0 Å². The molecule has 100 valence electrons. The maximum absolute atomic E-state index is 5.80. The van der Waals surface area contributed by atoms with Gasteiger partial charge in [-0.1, -0.05) is 36.0 Å². The second-order valence-electron chi connectivity index (χ2n) is 4.42. The van der Waals surface area contributed by atoms with Crippen molar-refractivity contribution in [3.63, 3.8) is 0 Å². The van der Waals surface area contributed by atoms with Crippen molar-refractivity contribution in [2.75, 3.05) is 23.9 Å². The standard InChI is InChI=1S/C14H18N4S/c1-10-6-4-5-7-11(10)9-18(2)13-8-12(15)16-14(17-13)19-3/h4-8H,9H2,1-3H3,(H2,15,16,17). The summed E-state index contributed by atoms with van der Waals surface area (Å²) in [5.74, 6) is 1.35. The monoisotopic (exact) mass is 274 g/mol. The summed E-state index contributed by atoms with van der Waals surface area (Å²) in [5, 5.41) is 0.701. The normalized spacial score (nSPS) is 10.5. The molecule has 2 aromatic rings. The minimum atomic E-state index is 0.506. The lowest BCUT2D eigenvalue weighted by Crippen LogP contribution is -2.19. The highest BCUT2D eigenvalue weighted by molar-refractivity contribution is 7.98. The van der Waals surface area contributed by atoms with Crippen molar-refractivity contribution >= 4 is 23.4 Å². The number of benzene rings is 1. The molecular formula is C14H18N4S. The molecule has 0 aliphatic heterocycles. The Balaban J connectivity index is 2.22. The summed E-state index contributed by atoms with van der Waals surface area (Å²) in [6.45, 7) is 2.92. The van der Waals surface area contributed by atoms with Crippen molar-refractivity contribution in [2.24, 2.45) is 0 Å². The SMILES string of the molecule is CSc1nc(N)cc(N(C)Cc2ccccc2C)n1. The molecular weight excluding hydrogens is 256 g/mol. The van der Waals surface area contributed by atoms with E-state index < -0.39 is 0 Å². The van der Waals surface area contributed by atoms with Crippen LogP contribution in [0.4, 0.5) is 11.6 Å². The molecule has 0 radical (unpaired) electrons. The Morgan fingerprint density at radius 2 is 2.00 bits per heavy atom. The molecule has 19 heavy (non-hydrogen) atoms. The lowest BCUT2D eigenvalue weighted by Gasteiger charge is -2.20. The minimum Gasteiger partial charge on any atom is -0.383 e. The Bertz CT molecular complexity index is 571. The average Bonchev–Trinajstić information content (AvgIpc) is 2.40. The smallest absolute Gasteiger partial charge is 0.191 e. The first-order valence-electron chi connectivity index (χ1n) is 6.04. The van der Waals surface area contributed by atoms with Crippen molar-refractivity contribution in [2.45, 2.75) is 18.6 Å². The highest BCUT2D eigenvalue weighted by atomic mass is 32.2. The second kappa shape index (κ2) is 5.93. The van der Waals surface area contributed by atoms with E-state index in [4.69, 9.17) is 5.73 Å². The third-order valence-corrected chi connectivity index (χ3v) is 3.50. The van der Waals surface area contributed by atoms with Gasteiger partial charge < -0.3 is 10.6 Å². The predicted octanol–water partition coefficient (Wildman–Crippen LogP) is 2.73. The first kappa shape index (κ1) is 13.7. The van der Waals surface area contributed by atoms with Crippen LogP contribution in [0, 0.1) is 6.92 Å². The maximum Gasteiger partial charge on any atom is 0.191 e. The molecule has 5 heteroatoms. The molecule has 0 aliphatic carbocycles. The quantitative estimate of drug-likeness (QED) is 0.686. The highest BCUT2D eigenvalue weighted by Gasteiger charge is 2.08. The number of aromatic nitrogens is 2. The lowest BCUT2D eigenvalue weighted by atomic mass is 10.1. The van der Waals surface area contributed by atoms with Gasteiger partial charge in [0.2, 0.25) is 0 Å². The molecule has 0 amide bonds. The third kappa shape index (κ3) is 3.38. The van der Waals surface area contributed by atoms with E-state index in [0.717, 1.165) is 12.4 Å². The number of nitrogens with zero attached hydrogens (tertiary/aromatic N) is 3. The molecule has 0 saturated carbocycles. The summed E-state index contributed by atoms with van der Waals surface area (Å²) in [6.07, 6.45) is 1.94. The summed E-state index contributed by atoms with van der Waals surface area (Å²) >= 11 is 1.50. The Kier molecular flexibility index (Phi) is 4.27. The topological polar surface area (TPSA) is 55.0 Å². The van der Waals surface area contributed by atoms with E-state index in [9.17, 15) is 0 Å². The van der Waals surface area contributed by atoms with Crippen LogP contribution in [-0.4, -0.2) is 23.3 Å². The van der Waals surface area contributed by atoms with Gasteiger partial charge in [0, 0.05) is 19.7 Å². The number of aryl methyl sites for hydroxylation is 1. The molecule has 0 atom stereocenters. The fourth-order valence-corrected chi connectivity index (χ4v) is 2.22. The van der Waals surface area contributed by atoms with E-state index in [2.05, 4.69) is 40.0 Å². The lowest BCUT2D eigenvalue weighted by molar-refractivity contribution is 0.855. The van der Waals surface area contributed by atoms with Crippen molar-refractivity contribution in [3.8, 4) is 0 Å². The highest BCUT2D eigenvalue weighted by Crippen LogP contribution is 2.20. The van der Waals surface area contributed by atoms with Gasteiger partial charge in [0.15, 0.2) is 5.16 Å². The summed E-state index contributed by atoms with van der Waals surface area (Å²) in [6, 6.07) is 10.2. The number of hydrogen-bond donors (Lipinski definition) is 1. The molecule has 4 nitrogen and oxygen atoms in total. The van der Waals surface area contributed by atoms with E-state index in [-0.39, 0.29) is 0 Å². The van der Waals surface area contributed by atoms with Crippen LogP contribution in [0.5, 0.6) is 0 Å². The number of hydrogen-bond acceptors (Lipinski definition) is 5. The van der Waals surface area contributed by atoms with E-state index in [1.54, 1.807) is 6.07 Å². The van der Waals surface area contributed by atoms with Gasteiger partial charge in [0.1, 0.15) is 11.6 Å². The fraction of sp³-hybridized carbons (Fsp3) is 0.286. The molecule has 0 fully saturated rings. The van der Waals surface area contributed by atoms with Crippen molar-refractivity contribution < 1.29 is 0 Å². The third-order valence-electron chi connectivity index (χ3n) is 2.95. The van der Waals surface area contributed by atoms with Gasteiger partial charge in [-0.15, -0.1) is 0 Å². The van der Waals surface area contributed by atoms with E-state index in [0.29, 0.717) is 11.0 Å². The van der Waals surface area contributed by atoms with Crippen LogP contribution >= 0.6 is 11.8 Å². The number of thioether (sulfide) groups is 1. The molecule has 0 unspecified atom stereocenters. The van der Waals surface area contributed by atoms with E-state index in [1.165, 1.54) is 22.9 Å². The molecule has 0 saturated heterocycles. The summed E-state index contributed by atoms with van der Waals surface area (Å²) in [7, 11) is 2.01. The van der Waals surface area contributed by atoms with Crippen LogP contribution in [0.2, 0.25) is 0 Å². The Morgan fingerprint density at radius 1 is 1.26 bits per heavy atom. The second-order valence-corrected chi connectivity index (χ2v) is 5.19. The van der Waals surface area contributed by atoms with Crippen LogP contribution in [-0.2, 0) is 6.54 Å². The van der Waals surface area contributed by atoms with Gasteiger partial charge in [0.05, 0.1) is 0 Å². The molecule has 1 heterocycles. The molecule has 0 bridgehead atoms. The summed E-state index contributed by atoms with van der Waals surface area (Å²) in [5.41, 5.74) is 8.37. The number of rotatable bonds is 4. The summed E-state index contributed by atoms with van der Waals surface area (Å²) < 4.78 is 0. The van der Waals surface area contributed by atoms with Crippen LogP contribution in [0.1, 0.15) is 11.1 Å². The molecule has 0 aliphatic rings. The minimum absolute atomic E-state index is 0.506. The van der Waals surface area contributed by atoms with Crippen LogP contribution < -0.4 is 10.6 Å². The van der Waals surface area contributed by atoms with Crippen molar-refractivity contribution in [3.05, 3.63) is 41.5 Å². The van der Waals surface area contributed by atoms with E-state index in [1.807, 2.05) is 19.4 Å². The van der Waals surface area contributed by atoms with Gasteiger partial charge >= 0.3 is 0 Å². The zero-order chi connectivity index (χ0) is 13.8. The van der Waals surface area contributed by atoms with Crippen LogP contribution in [0.15, 0.2) is 35.5 Å². The van der Waals surface area contributed by atoms with Crippen LogP contribution in [0.25, 0.3) is 0 Å². The molecule has 0 spiro atoms. The molecule has 2 N–H and O–H groups in total. The Labute approximate surface area is 118 Å². The molecule has 1 aromatic carbocycles. The largest absolute Gasteiger partial charge is 0.383 e. The van der Waals surface area contributed by atoms with Gasteiger partial charge in [0.25, 0.3) is 0 Å². The van der Waals surface area contributed by atoms with Gasteiger partial charge in [-0.3, -0.25) is 0 Å². The Hall–Kier alpha value is -1.75. The maximum atomic E-state index is 5.80. The Morgan fingerprint density at radius 3 is 2.68 bits per heavy atom. The summed E-state index contributed by atoms with van der Waals surface area (Å²) in [4.78, 5) is 10.7. The molecule has 2 rings (SSSR count). The first-order valence-corrected chi connectivity index (χ1v) is 7.27. The van der Waals surface area contributed by atoms with Crippen molar-refractivity contribution in [1.82, 2.24) is 9.97 Å². The van der Waals surface area contributed by atoms with Gasteiger partial charge in [-0.05, 0) is 24.3 Å². The zero-order valence-corrected chi connectivity index (χ0v) is 12.2. The predicted molar refractivity (Wildman–Crippen MR) is 81.5 cm³/mol.